The van der Waals surface area contributed by atoms with Crippen molar-refractivity contribution in [1.29, 1.82) is 10.5 Å². The van der Waals surface area contributed by atoms with Gasteiger partial charge >= 0.3 is 0 Å². The van der Waals surface area contributed by atoms with Gasteiger partial charge in [0.05, 0.1) is 10.7 Å². The normalized spacial score (nSPS) is 18.9. The molecule has 1 aromatic carbocycles. The SMILES string of the molecule is CCCCN(CCCC)C1=CC(=O)/C(=C2C(O)=C(/C=C3\Sc4ccccc4N3CCCC)C\2=C(C#N)C#N)C=C1. The van der Waals surface area contributed by atoms with Crippen LogP contribution in [0.4, 0.5) is 5.69 Å². The first-order valence-corrected chi connectivity index (χ1v) is 15.0. The number of unbranched alkanes of at least 4 members (excludes halogenated alkanes) is 3. The molecule has 1 aromatic rings. The maximum absolute atomic E-state index is 13.4. The van der Waals surface area contributed by atoms with Crippen molar-refractivity contribution in [3.8, 4) is 12.1 Å². The Hall–Kier alpha value is -3.94. The second kappa shape index (κ2) is 13.4. The van der Waals surface area contributed by atoms with E-state index in [0.29, 0.717) is 16.7 Å². The number of anilines is 1. The summed E-state index contributed by atoms with van der Waals surface area (Å²) >= 11 is 1.60. The first-order chi connectivity index (χ1) is 19.5. The number of rotatable bonds is 11. The van der Waals surface area contributed by atoms with Gasteiger partial charge in [-0.3, -0.25) is 4.79 Å². The summed E-state index contributed by atoms with van der Waals surface area (Å²) in [5, 5.41) is 31.8. The van der Waals surface area contributed by atoms with Crippen molar-refractivity contribution in [3.05, 3.63) is 92.9 Å². The summed E-state index contributed by atoms with van der Waals surface area (Å²) in [6, 6.07) is 12.1. The Kier molecular flexibility index (Phi) is 9.74. The molecule has 3 aliphatic rings. The molecule has 6 nitrogen and oxygen atoms in total. The minimum atomic E-state index is -0.233. The van der Waals surface area contributed by atoms with Crippen LogP contribution < -0.4 is 4.90 Å². The fourth-order valence-corrected chi connectivity index (χ4v) is 6.19. The molecule has 4 rings (SSSR count). The van der Waals surface area contributed by atoms with Crippen molar-refractivity contribution in [3.63, 3.8) is 0 Å². The van der Waals surface area contributed by atoms with E-state index in [2.05, 4.69) is 42.7 Å². The Morgan fingerprint density at radius 2 is 1.70 bits per heavy atom. The summed E-state index contributed by atoms with van der Waals surface area (Å²) in [4.78, 5) is 19.0. The van der Waals surface area contributed by atoms with Gasteiger partial charge in [0.2, 0.25) is 0 Å². The molecular formula is C33H36N4O2S. The van der Waals surface area contributed by atoms with Gasteiger partial charge in [0, 0.05) is 58.6 Å². The number of ketones is 1. The highest BCUT2D eigenvalue weighted by Crippen LogP contribution is 2.50. The fraction of sp³-hybridized carbons (Fsp3) is 0.364. The van der Waals surface area contributed by atoms with Crippen LogP contribution in [0.1, 0.15) is 59.3 Å². The largest absolute Gasteiger partial charge is 0.507 e. The zero-order valence-electron chi connectivity index (χ0n) is 23.5. The molecular weight excluding hydrogens is 516 g/mol. The standard InChI is InChI=1S/C33H36N4O2S/c1-4-7-16-36(17-8-5-2)24-14-15-25(28(38)19-24)32-31(23(21-34)22-35)26(33(32)39)20-30-37(18-9-6-3)27-12-10-11-13-29(27)40-30/h10-15,19-20,39H,4-9,16-18H2,1-3H3/b30-20-,32-25-. The molecule has 0 amide bonds. The molecule has 0 spiro atoms. The number of carbonyl (C=O) groups excluding carboxylic acids is 1. The molecule has 206 valence electrons. The van der Waals surface area contributed by atoms with Crippen LogP contribution in [0.3, 0.4) is 0 Å². The second-order valence-electron chi connectivity index (χ2n) is 10.0. The van der Waals surface area contributed by atoms with Crippen molar-refractivity contribution in [2.45, 2.75) is 64.2 Å². The lowest BCUT2D eigenvalue weighted by molar-refractivity contribution is -0.111. The van der Waals surface area contributed by atoms with Gasteiger partial charge in [0.25, 0.3) is 0 Å². The molecule has 0 atom stereocenters. The van der Waals surface area contributed by atoms with Crippen LogP contribution in [0.15, 0.2) is 97.8 Å². The molecule has 1 N–H and O–H groups in total. The van der Waals surface area contributed by atoms with Gasteiger partial charge in [-0.15, -0.1) is 0 Å². The molecule has 0 aromatic heterocycles. The summed E-state index contributed by atoms with van der Waals surface area (Å²) in [5.74, 6) is -0.292. The minimum absolute atomic E-state index is 0.0591. The monoisotopic (exact) mass is 552 g/mol. The predicted octanol–water partition coefficient (Wildman–Crippen LogP) is 7.63. The number of carbonyl (C=O) groups is 1. The maximum Gasteiger partial charge on any atom is 0.188 e. The van der Waals surface area contributed by atoms with Crippen LogP contribution in [0.2, 0.25) is 0 Å². The highest BCUT2D eigenvalue weighted by molar-refractivity contribution is 8.03. The number of hydrogen-bond acceptors (Lipinski definition) is 7. The minimum Gasteiger partial charge on any atom is -0.507 e. The van der Waals surface area contributed by atoms with E-state index in [-0.39, 0.29) is 22.7 Å². The van der Waals surface area contributed by atoms with Crippen LogP contribution in [0.5, 0.6) is 0 Å². The number of aliphatic hydroxyl groups is 1. The molecule has 1 aliphatic heterocycles. The maximum atomic E-state index is 13.4. The van der Waals surface area contributed by atoms with Crippen LogP contribution in [0, 0.1) is 22.7 Å². The highest BCUT2D eigenvalue weighted by Gasteiger charge is 2.37. The zero-order valence-corrected chi connectivity index (χ0v) is 24.4. The predicted molar refractivity (Wildman–Crippen MR) is 161 cm³/mol. The van der Waals surface area contributed by atoms with Gasteiger partial charge in [-0.1, -0.05) is 63.9 Å². The van der Waals surface area contributed by atoms with E-state index in [1.165, 1.54) is 0 Å². The van der Waals surface area contributed by atoms with E-state index in [0.717, 1.165) is 79.5 Å². The second-order valence-corrected chi connectivity index (χ2v) is 11.1. The number of nitrogens with zero attached hydrogens (tertiary/aromatic N) is 4. The number of nitriles is 2. The molecule has 0 unspecified atom stereocenters. The Balaban J connectivity index is 1.74. The summed E-state index contributed by atoms with van der Waals surface area (Å²) in [6.07, 6.45) is 13.3. The van der Waals surface area contributed by atoms with Crippen LogP contribution in [-0.2, 0) is 4.79 Å². The Bertz CT molecular complexity index is 1420. The lowest BCUT2D eigenvalue weighted by atomic mass is 9.76. The topological polar surface area (TPSA) is 91.4 Å². The quantitative estimate of drug-likeness (QED) is 0.223. The Morgan fingerprint density at radius 1 is 1.02 bits per heavy atom. The lowest BCUT2D eigenvalue weighted by Crippen LogP contribution is -2.27. The van der Waals surface area contributed by atoms with E-state index >= 15 is 0 Å². The van der Waals surface area contributed by atoms with Crippen LogP contribution >= 0.6 is 11.8 Å². The zero-order chi connectivity index (χ0) is 28.6. The van der Waals surface area contributed by atoms with E-state index in [9.17, 15) is 20.4 Å². The molecule has 0 fully saturated rings. The number of aliphatic hydroxyl groups excluding tert-OH is 1. The third-order valence-electron chi connectivity index (χ3n) is 7.29. The summed E-state index contributed by atoms with van der Waals surface area (Å²) < 4.78 is 0. The number of thioether (sulfide) groups is 1. The molecule has 1 heterocycles. The Morgan fingerprint density at radius 3 is 2.33 bits per heavy atom. The average Bonchev–Trinajstić information content (AvgIpc) is 3.32. The average molecular weight is 553 g/mol. The molecule has 0 radical (unpaired) electrons. The van der Waals surface area contributed by atoms with Gasteiger partial charge < -0.3 is 14.9 Å². The summed E-state index contributed by atoms with van der Waals surface area (Å²) in [5.41, 5.74) is 3.18. The summed E-state index contributed by atoms with van der Waals surface area (Å²) in [7, 11) is 0. The van der Waals surface area contributed by atoms with Crippen molar-refractivity contribution in [1.82, 2.24) is 4.90 Å². The summed E-state index contributed by atoms with van der Waals surface area (Å²) in [6.45, 7) is 9.01. The first kappa shape index (κ1) is 29.1. The van der Waals surface area contributed by atoms with E-state index in [1.54, 1.807) is 23.9 Å². The third kappa shape index (κ3) is 5.81. The van der Waals surface area contributed by atoms with Gasteiger partial charge in [-0.25, -0.2) is 0 Å². The van der Waals surface area contributed by atoms with Gasteiger partial charge in [0.15, 0.2) is 5.78 Å². The van der Waals surface area contributed by atoms with Gasteiger partial charge in [0.1, 0.15) is 23.5 Å². The molecule has 2 aliphatic carbocycles. The van der Waals surface area contributed by atoms with Crippen molar-refractivity contribution in [2.24, 2.45) is 0 Å². The molecule has 7 heteroatoms. The molecule has 40 heavy (non-hydrogen) atoms. The van der Waals surface area contributed by atoms with Gasteiger partial charge in [-0.05, 0) is 49.6 Å². The highest BCUT2D eigenvalue weighted by atomic mass is 32.2. The van der Waals surface area contributed by atoms with Crippen molar-refractivity contribution in [2.75, 3.05) is 24.5 Å². The lowest BCUT2D eigenvalue weighted by Gasteiger charge is -2.30. The van der Waals surface area contributed by atoms with Crippen LogP contribution in [-0.4, -0.2) is 35.4 Å². The smallest absolute Gasteiger partial charge is 0.188 e. The van der Waals surface area contributed by atoms with Crippen molar-refractivity contribution >= 4 is 23.2 Å². The number of hydrogen-bond donors (Lipinski definition) is 1. The fourth-order valence-electron chi connectivity index (χ4n) is 5.06. The third-order valence-corrected chi connectivity index (χ3v) is 8.40. The first-order valence-electron chi connectivity index (χ1n) is 14.2. The number of allylic oxidation sites excluding steroid dienone is 8. The van der Waals surface area contributed by atoms with Crippen LogP contribution in [0.25, 0.3) is 0 Å². The van der Waals surface area contributed by atoms with Crippen molar-refractivity contribution < 1.29 is 9.90 Å². The van der Waals surface area contributed by atoms with E-state index in [1.807, 2.05) is 36.4 Å². The Labute approximate surface area is 242 Å². The number of fused-ring (bicyclic) bond motifs is 1. The number of benzene rings is 1. The molecule has 0 saturated heterocycles. The number of para-hydroxylation sites is 1. The molecule has 0 saturated carbocycles. The van der Waals surface area contributed by atoms with E-state index in [4.69, 9.17) is 0 Å². The van der Waals surface area contributed by atoms with Gasteiger partial charge in [-0.2, -0.15) is 10.5 Å². The molecule has 0 bridgehead atoms. The van der Waals surface area contributed by atoms with E-state index < -0.39 is 0 Å².